The highest BCUT2D eigenvalue weighted by atomic mass is 15.1. The summed E-state index contributed by atoms with van der Waals surface area (Å²) in [6.45, 7) is 2.45. The standard InChI is InChI=1S/C10H10N4/c1-7-2-3-9-8(6-13-14-11)5-12-10(9)4-7/h2-5,12H,6H2,1H3. The Morgan fingerprint density at radius 1 is 1.50 bits per heavy atom. The molecular weight excluding hydrogens is 176 g/mol. The minimum absolute atomic E-state index is 0.402. The molecule has 14 heavy (non-hydrogen) atoms. The third kappa shape index (κ3) is 1.43. The minimum atomic E-state index is 0.402. The van der Waals surface area contributed by atoms with Crippen molar-refractivity contribution in [2.24, 2.45) is 5.11 Å². The summed E-state index contributed by atoms with van der Waals surface area (Å²) in [5.74, 6) is 0. The third-order valence-corrected chi connectivity index (χ3v) is 2.23. The average molecular weight is 186 g/mol. The molecule has 4 nitrogen and oxygen atoms in total. The molecule has 0 aliphatic rings. The van der Waals surface area contributed by atoms with Crippen molar-refractivity contribution in [2.45, 2.75) is 13.5 Å². The maximum Gasteiger partial charge on any atom is 0.0531 e. The molecule has 0 spiro atoms. The maximum atomic E-state index is 8.23. The van der Waals surface area contributed by atoms with Crippen LogP contribution >= 0.6 is 0 Å². The first kappa shape index (κ1) is 8.66. The summed E-state index contributed by atoms with van der Waals surface area (Å²) in [5, 5.41) is 4.68. The number of aromatic nitrogens is 1. The Morgan fingerprint density at radius 3 is 3.14 bits per heavy atom. The van der Waals surface area contributed by atoms with Crippen molar-refractivity contribution in [2.75, 3.05) is 0 Å². The summed E-state index contributed by atoms with van der Waals surface area (Å²) >= 11 is 0. The molecule has 0 atom stereocenters. The van der Waals surface area contributed by atoms with E-state index in [0.29, 0.717) is 6.54 Å². The summed E-state index contributed by atoms with van der Waals surface area (Å²) in [6, 6.07) is 6.17. The molecule has 70 valence electrons. The molecule has 0 amide bonds. The van der Waals surface area contributed by atoms with Crippen molar-refractivity contribution in [3.8, 4) is 0 Å². The van der Waals surface area contributed by atoms with E-state index in [9.17, 15) is 0 Å². The second kappa shape index (κ2) is 3.44. The Morgan fingerprint density at radius 2 is 2.36 bits per heavy atom. The highest BCUT2D eigenvalue weighted by molar-refractivity contribution is 5.83. The number of fused-ring (bicyclic) bond motifs is 1. The smallest absolute Gasteiger partial charge is 0.0531 e. The molecule has 0 aliphatic carbocycles. The molecule has 0 radical (unpaired) electrons. The zero-order valence-electron chi connectivity index (χ0n) is 7.86. The molecule has 0 bridgehead atoms. The van der Waals surface area contributed by atoms with Crippen molar-refractivity contribution in [1.29, 1.82) is 0 Å². The lowest BCUT2D eigenvalue weighted by Gasteiger charge is -1.94. The van der Waals surface area contributed by atoms with Gasteiger partial charge >= 0.3 is 0 Å². The average Bonchev–Trinajstić information content (AvgIpc) is 2.57. The van der Waals surface area contributed by atoms with Crippen LogP contribution < -0.4 is 0 Å². The molecule has 2 rings (SSSR count). The van der Waals surface area contributed by atoms with Crippen LogP contribution in [0.4, 0.5) is 0 Å². The first-order valence-corrected chi connectivity index (χ1v) is 4.39. The number of rotatable bonds is 2. The van der Waals surface area contributed by atoms with Gasteiger partial charge in [-0.25, -0.2) is 0 Å². The Kier molecular flexibility index (Phi) is 2.13. The van der Waals surface area contributed by atoms with E-state index in [1.165, 1.54) is 5.56 Å². The van der Waals surface area contributed by atoms with Gasteiger partial charge in [0.25, 0.3) is 0 Å². The van der Waals surface area contributed by atoms with Crippen LogP contribution in [-0.4, -0.2) is 4.98 Å². The van der Waals surface area contributed by atoms with Gasteiger partial charge in [-0.3, -0.25) is 0 Å². The van der Waals surface area contributed by atoms with Crippen molar-refractivity contribution in [3.63, 3.8) is 0 Å². The normalized spacial score (nSPS) is 10.1. The number of aromatic amines is 1. The number of nitrogens with zero attached hydrogens (tertiary/aromatic N) is 3. The van der Waals surface area contributed by atoms with E-state index in [1.54, 1.807) is 0 Å². The van der Waals surface area contributed by atoms with Gasteiger partial charge in [0.2, 0.25) is 0 Å². The van der Waals surface area contributed by atoms with E-state index in [1.807, 2.05) is 19.2 Å². The molecule has 2 aromatic rings. The number of hydrogen-bond acceptors (Lipinski definition) is 1. The second-order valence-corrected chi connectivity index (χ2v) is 3.25. The predicted molar refractivity (Wildman–Crippen MR) is 55.9 cm³/mol. The fraction of sp³-hybridized carbons (Fsp3) is 0.200. The van der Waals surface area contributed by atoms with Gasteiger partial charge in [0, 0.05) is 22.0 Å². The molecule has 0 saturated heterocycles. The third-order valence-electron chi connectivity index (χ3n) is 2.23. The number of azide groups is 1. The molecule has 1 N–H and O–H groups in total. The maximum absolute atomic E-state index is 8.23. The van der Waals surface area contributed by atoms with Crippen LogP contribution in [0.3, 0.4) is 0 Å². The van der Waals surface area contributed by atoms with Gasteiger partial charge in [0.15, 0.2) is 0 Å². The van der Waals surface area contributed by atoms with Crippen LogP contribution in [0.15, 0.2) is 29.5 Å². The first-order valence-electron chi connectivity index (χ1n) is 4.39. The molecule has 1 aromatic heterocycles. The number of benzene rings is 1. The van der Waals surface area contributed by atoms with Crippen LogP contribution in [0, 0.1) is 6.92 Å². The lowest BCUT2D eigenvalue weighted by atomic mass is 10.1. The summed E-state index contributed by atoms with van der Waals surface area (Å²) in [6.07, 6.45) is 1.89. The van der Waals surface area contributed by atoms with Crippen molar-refractivity contribution < 1.29 is 0 Å². The quantitative estimate of drug-likeness (QED) is 0.425. The molecule has 0 aliphatic heterocycles. The fourth-order valence-corrected chi connectivity index (χ4v) is 1.54. The zero-order valence-corrected chi connectivity index (χ0v) is 7.86. The van der Waals surface area contributed by atoms with E-state index >= 15 is 0 Å². The highest BCUT2D eigenvalue weighted by Crippen LogP contribution is 2.19. The van der Waals surface area contributed by atoms with E-state index < -0.39 is 0 Å². The second-order valence-electron chi connectivity index (χ2n) is 3.25. The topological polar surface area (TPSA) is 64.6 Å². The largest absolute Gasteiger partial charge is 0.361 e. The number of nitrogens with one attached hydrogen (secondary N) is 1. The Hall–Kier alpha value is -1.93. The summed E-state index contributed by atoms with van der Waals surface area (Å²) in [5.41, 5.74) is 11.6. The Bertz CT molecular complexity index is 506. The highest BCUT2D eigenvalue weighted by Gasteiger charge is 2.01. The van der Waals surface area contributed by atoms with Crippen LogP contribution in [-0.2, 0) is 6.54 Å². The van der Waals surface area contributed by atoms with Crippen molar-refractivity contribution in [1.82, 2.24) is 4.98 Å². The number of H-pyrrole nitrogens is 1. The summed E-state index contributed by atoms with van der Waals surface area (Å²) in [4.78, 5) is 5.90. The number of aryl methyl sites for hydroxylation is 1. The number of hydrogen-bond donors (Lipinski definition) is 1. The first-order chi connectivity index (χ1) is 6.81. The van der Waals surface area contributed by atoms with Crippen LogP contribution in [0.1, 0.15) is 11.1 Å². The van der Waals surface area contributed by atoms with Gasteiger partial charge in [-0.1, -0.05) is 17.2 Å². The van der Waals surface area contributed by atoms with Crippen LogP contribution in [0.5, 0.6) is 0 Å². The van der Waals surface area contributed by atoms with E-state index in [4.69, 9.17) is 5.53 Å². The van der Waals surface area contributed by atoms with Gasteiger partial charge in [-0.05, 0) is 29.6 Å². The van der Waals surface area contributed by atoms with Gasteiger partial charge < -0.3 is 4.98 Å². The molecular formula is C10H10N4. The van der Waals surface area contributed by atoms with Crippen LogP contribution in [0.25, 0.3) is 21.3 Å². The van der Waals surface area contributed by atoms with Gasteiger partial charge in [0.1, 0.15) is 0 Å². The molecule has 0 saturated carbocycles. The molecule has 4 heteroatoms. The Labute approximate surface area is 81.2 Å². The van der Waals surface area contributed by atoms with Gasteiger partial charge in [-0.15, -0.1) is 0 Å². The van der Waals surface area contributed by atoms with Gasteiger partial charge in [-0.2, -0.15) is 0 Å². The molecule has 1 heterocycles. The fourth-order valence-electron chi connectivity index (χ4n) is 1.54. The lowest BCUT2D eigenvalue weighted by molar-refractivity contribution is 1.06. The van der Waals surface area contributed by atoms with E-state index in [0.717, 1.165) is 16.5 Å². The minimum Gasteiger partial charge on any atom is -0.361 e. The van der Waals surface area contributed by atoms with Crippen molar-refractivity contribution in [3.05, 3.63) is 46.0 Å². The van der Waals surface area contributed by atoms with Gasteiger partial charge in [0.05, 0.1) is 6.54 Å². The molecule has 1 aromatic carbocycles. The van der Waals surface area contributed by atoms with Crippen LogP contribution in [0.2, 0.25) is 0 Å². The van der Waals surface area contributed by atoms with Crippen molar-refractivity contribution >= 4 is 10.9 Å². The Balaban J connectivity index is 2.52. The van der Waals surface area contributed by atoms with E-state index in [2.05, 4.69) is 27.1 Å². The molecule has 0 unspecified atom stereocenters. The zero-order chi connectivity index (χ0) is 9.97. The molecule has 0 fully saturated rings. The lowest BCUT2D eigenvalue weighted by Crippen LogP contribution is -1.76. The summed E-state index contributed by atoms with van der Waals surface area (Å²) < 4.78 is 0. The monoisotopic (exact) mass is 186 g/mol. The summed E-state index contributed by atoms with van der Waals surface area (Å²) in [7, 11) is 0. The SMILES string of the molecule is Cc1ccc2c(CN=[N+]=[N-])c[nH]c2c1. The van der Waals surface area contributed by atoms with E-state index in [-0.39, 0.29) is 0 Å². The predicted octanol–water partition coefficient (Wildman–Crippen LogP) is 3.29.